The van der Waals surface area contributed by atoms with Crippen molar-refractivity contribution in [1.82, 2.24) is 5.32 Å². The lowest BCUT2D eigenvalue weighted by molar-refractivity contribution is -0.128. The van der Waals surface area contributed by atoms with Crippen LogP contribution in [0.1, 0.15) is 11.6 Å². The van der Waals surface area contributed by atoms with Gasteiger partial charge >= 0.3 is 0 Å². The highest BCUT2D eigenvalue weighted by molar-refractivity contribution is 5.88. The van der Waals surface area contributed by atoms with Crippen molar-refractivity contribution in [3.8, 4) is 5.75 Å². The molecule has 0 radical (unpaired) electrons. The molecular weight excluding hydrogens is 287 g/mol. The summed E-state index contributed by atoms with van der Waals surface area (Å²) in [7, 11) is 0. The van der Waals surface area contributed by atoms with E-state index in [-0.39, 0.29) is 12.4 Å². The summed E-state index contributed by atoms with van der Waals surface area (Å²) in [5.74, 6) is -1.44. The molecule has 0 aromatic heterocycles. The Balaban J connectivity index is 1.96. The molecule has 0 saturated carbocycles. The zero-order valence-electron chi connectivity index (χ0n) is 11.7. The molecule has 2 amide bonds. The van der Waals surface area contributed by atoms with E-state index >= 15 is 0 Å². The SMILES string of the molecule is NC(=O)[C@H](NC(=O)COc1cccc(F)c1)c1ccccc1. The van der Waals surface area contributed by atoms with Crippen LogP contribution in [0.2, 0.25) is 0 Å². The predicted octanol–water partition coefficient (Wildman–Crippen LogP) is 1.55. The number of nitrogens with two attached hydrogens (primary N) is 1. The summed E-state index contributed by atoms with van der Waals surface area (Å²) in [6.07, 6.45) is 0. The van der Waals surface area contributed by atoms with Gasteiger partial charge in [0.1, 0.15) is 17.6 Å². The second-order valence-electron chi connectivity index (χ2n) is 4.56. The van der Waals surface area contributed by atoms with Gasteiger partial charge in [-0.2, -0.15) is 0 Å². The zero-order chi connectivity index (χ0) is 15.9. The first-order valence-corrected chi connectivity index (χ1v) is 6.58. The van der Waals surface area contributed by atoms with Crippen LogP contribution < -0.4 is 15.8 Å². The number of benzene rings is 2. The number of ether oxygens (including phenoxy) is 1. The van der Waals surface area contributed by atoms with Crippen molar-refractivity contribution in [1.29, 1.82) is 0 Å². The number of hydrogen-bond donors (Lipinski definition) is 2. The van der Waals surface area contributed by atoms with Crippen LogP contribution in [0.3, 0.4) is 0 Å². The highest BCUT2D eigenvalue weighted by Gasteiger charge is 2.20. The van der Waals surface area contributed by atoms with Crippen LogP contribution in [0.4, 0.5) is 4.39 Å². The average Bonchev–Trinajstić information content (AvgIpc) is 2.51. The number of carbonyl (C=O) groups excluding carboxylic acids is 2. The molecule has 0 spiro atoms. The number of halogens is 1. The molecule has 114 valence electrons. The van der Waals surface area contributed by atoms with Gasteiger partial charge in [0.05, 0.1) is 0 Å². The predicted molar refractivity (Wildman–Crippen MR) is 78.4 cm³/mol. The molecule has 3 N–H and O–H groups in total. The van der Waals surface area contributed by atoms with E-state index in [1.807, 2.05) is 0 Å². The molecule has 0 aliphatic heterocycles. The van der Waals surface area contributed by atoms with E-state index in [0.717, 1.165) is 6.07 Å². The Morgan fingerprint density at radius 2 is 1.86 bits per heavy atom. The van der Waals surface area contributed by atoms with E-state index in [1.54, 1.807) is 30.3 Å². The third kappa shape index (κ3) is 4.31. The number of rotatable bonds is 6. The van der Waals surface area contributed by atoms with Crippen molar-refractivity contribution in [2.24, 2.45) is 5.73 Å². The van der Waals surface area contributed by atoms with Gasteiger partial charge in [0.25, 0.3) is 5.91 Å². The van der Waals surface area contributed by atoms with Gasteiger partial charge in [-0.25, -0.2) is 4.39 Å². The highest BCUT2D eigenvalue weighted by atomic mass is 19.1. The Morgan fingerprint density at radius 3 is 2.50 bits per heavy atom. The fourth-order valence-corrected chi connectivity index (χ4v) is 1.87. The topological polar surface area (TPSA) is 81.4 Å². The van der Waals surface area contributed by atoms with E-state index in [9.17, 15) is 14.0 Å². The Bertz CT molecular complexity index is 661. The van der Waals surface area contributed by atoms with Crippen LogP contribution >= 0.6 is 0 Å². The lowest BCUT2D eigenvalue weighted by Gasteiger charge is -2.16. The first kappa shape index (κ1) is 15.5. The number of amides is 2. The van der Waals surface area contributed by atoms with E-state index in [4.69, 9.17) is 10.5 Å². The molecule has 2 aromatic rings. The molecule has 0 fully saturated rings. The molecule has 0 saturated heterocycles. The number of nitrogens with one attached hydrogen (secondary N) is 1. The molecule has 0 unspecified atom stereocenters. The van der Waals surface area contributed by atoms with Crippen LogP contribution in [-0.4, -0.2) is 18.4 Å². The molecular formula is C16H15FN2O3. The molecule has 5 nitrogen and oxygen atoms in total. The summed E-state index contributed by atoms with van der Waals surface area (Å²) >= 11 is 0. The van der Waals surface area contributed by atoms with Gasteiger partial charge < -0.3 is 15.8 Å². The fourth-order valence-electron chi connectivity index (χ4n) is 1.87. The normalized spacial score (nSPS) is 11.5. The summed E-state index contributed by atoms with van der Waals surface area (Å²) in [6.45, 7) is -0.347. The van der Waals surface area contributed by atoms with E-state index in [2.05, 4.69) is 5.32 Å². The van der Waals surface area contributed by atoms with E-state index in [0.29, 0.717) is 5.56 Å². The van der Waals surface area contributed by atoms with Crippen LogP contribution in [-0.2, 0) is 9.59 Å². The Hall–Kier alpha value is -2.89. The standard InChI is InChI=1S/C16H15FN2O3/c17-12-7-4-8-13(9-12)22-10-14(20)19-15(16(18)21)11-5-2-1-3-6-11/h1-9,15H,10H2,(H2,18,21)(H,19,20)/t15-/m1/s1. The van der Waals surface area contributed by atoms with E-state index in [1.165, 1.54) is 18.2 Å². The molecule has 0 bridgehead atoms. The van der Waals surface area contributed by atoms with Crippen molar-refractivity contribution in [3.63, 3.8) is 0 Å². The van der Waals surface area contributed by atoms with Crippen molar-refractivity contribution >= 4 is 11.8 Å². The summed E-state index contributed by atoms with van der Waals surface area (Å²) < 4.78 is 18.1. The fraction of sp³-hybridized carbons (Fsp3) is 0.125. The number of hydrogen-bond acceptors (Lipinski definition) is 3. The largest absolute Gasteiger partial charge is 0.484 e. The summed E-state index contributed by atoms with van der Waals surface area (Å²) in [4.78, 5) is 23.3. The van der Waals surface area contributed by atoms with Crippen LogP contribution in [0.15, 0.2) is 54.6 Å². The van der Waals surface area contributed by atoms with Gasteiger partial charge in [0, 0.05) is 6.07 Å². The maximum Gasteiger partial charge on any atom is 0.258 e. The summed E-state index contributed by atoms with van der Waals surface area (Å²) in [5, 5.41) is 2.49. The number of primary amides is 1. The Labute approximate surface area is 126 Å². The minimum atomic E-state index is -0.940. The minimum Gasteiger partial charge on any atom is -0.484 e. The van der Waals surface area contributed by atoms with Gasteiger partial charge in [-0.05, 0) is 17.7 Å². The number of carbonyl (C=O) groups is 2. The maximum absolute atomic E-state index is 13.0. The van der Waals surface area contributed by atoms with Crippen LogP contribution in [0.25, 0.3) is 0 Å². The first-order valence-electron chi connectivity index (χ1n) is 6.58. The molecule has 22 heavy (non-hydrogen) atoms. The molecule has 0 heterocycles. The van der Waals surface area contributed by atoms with Crippen molar-refractivity contribution < 1.29 is 18.7 Å². The quantitative estimate of drug-likeness (QED) is 0.849. The maximum atomic E-state index is 13.0. The average molecular weight is 302 g/mol. The highest BCUT2D eigenvalue weighted by Crippen LogP contribution is 2.13. The van der Waals surface area contributed by atoms with Gasteiger partial charge in [-0.3, -0.25) is 9.59 Å². The lowest BCUT2D eigenvalue weighted by atomic mass is 10.1. The third-order valence-corrected chi connectivity index (χ3v) is 2.89. The van der Waals surface area contributed by atoms with Crippen molar-refractivity contribution in [3.05, 3.63) is 66.0 Å². The van der Waals surface area contributed by atoms with Crippen LogP contribution in [0.5, 0.6) is 5.75 Å². The van der Waals surface area contributed by atoms with Gasteiger partial charge in [-0.1, -0.05) is 36.4 Å². The molecule has 0 aliphatic rings. The van der Waals surface area contributed by atoms with Crippen molar-refractivity contribution in [2.45, 2.75) is 6.04 Å². The third-order valence-electron chi connectivity index (χ3n) is 2.89. The second kappa shape index (κ2) is 7.21. The molecule has 0 aliphatic carbocycles. The monoisotopic (exact) mass is 302 g/mol. The first-order chi connectivity index (χ1) is 10.6. The smallest absolute Gasteiger partial charge is 0.258 e. The minimum absolute atomic E-state index is 0.227. The van der Waals surface area contributed by atoms with Gasteiger partial charge in [0.15, 0.2) is 6.61 Å². The summed E-state index contributed by atoms with van der Waals surface area (Å²) in [6, 6.07) is 13.1. The summed E-state index contributed by atoms with van der Waals surface area (Å²) in [5.41, 5.74) is 5.88. The zero-order valence-corrected chi connectivity index (χ0v) is 11.7. The molecule has 6 heteroatoms. The Morgan fingerprint density at radius 1 is 1.14 bits per heavy atom. The van der Waals surface area contributed by atoms with Crippen LogP contribution in [0, 0.1) is 5.82 Å². The lowest BCUT2D eigenvalue weighted by Crippen LogP contribution is -2.39. The molecule has 2 aromatic carbocycles. The second-order valence-corrected chi connectivity index (χ2v) is 4.56. The van der Waals surface area contributed by atoms with Gasteiger partial charge in [-0.15, -0.1) is 0 Å². The Kier molecular flexibility index (Phi) is 5.08. The molecule has 1 atom stereocenters. The van der Waals surface area contributed by atoms with E-state index < -0.39 is 23.7 Å². The molecule has 2 rings (SSSR count). The van der Waals surface area contributed by atoms with Gasteiger partial charge in [0.2, 0.25) is 5.91 Å². The van der Waals surface area contributed by atoms with Crippen molar-refractivity contribution in [2.75, 3.05) is 6.61 Å².